The molecule has 0 aromatic heterocycles. The number of hydrogen-bond donors (Lipinski definition) is 0. The third-order valence-corrected chi connectivity index (χ3v) is 5.12. The average Bonchev–Trinajstić information content (AvgIpc) is 2.36. The molecule has 0 saturated carbocycles. The molecule has 0 N–H and O–H groups in total. The first-order valence-corrected chi connectivity index (χ1v) is 8.93. The van der Waals surface area contributed by atoms with Gasteiger partial charge in [0, 0.05) is 17.4 Å². The minimum Gasteiger partial charge on any atom is -0.424 e. The highest BCUT2D eigenvalue weighted by Gasteiger charge is 2.28. The molecule has 3 nitrogen and oxygen atoms in total. The van der Waals surface area contributed by atoms with Crippen molar-refractivity contribution in [2.75, 3.05) is 6.61 Å². The second-order valence-corrected chi connectivity index (χ2v) is 7.21. The molecule has 0 spiro atoms. The van der Waals surface area contributed by atoms with E-state index in [-0.39, 0.29) is 0 Å². The van der Waals surface area contributed by atoms with Crippen molar-refractivity contribution in [2.45, 2.75) is 39.7 Å². The van der Waals surface area contributed by atoms with Crippen molar-refractivity contribution in [3.63, 3.8) is 0 Å². The fourth-order valence-electron chi connectivity index (χ4n) is 1.89. The SMILES string of the molecule is CCCCc1ccc2c(c1)COP(=S)(OCC)O2. The van der Waals surface area contributed by atoms with Crippen molar-refractivity contribution in [3.05, 3.63) is 29.3 Å². The van der Waals surface area contributed by atoms with Gasteiger partial charge < -0.3 is 4.52 Å². The molecule has 1 aliphatic rings. The van der Waals surface area contributed by atoms with Crippen LogP contribution in [0.4, 0.5) is 0 Å². The van der Waals surface area contributed by atoms with Gasteiger partial charge in [-0.3, -0.25) is 9.05 Å². The van der Waals surface area contributed by atoms with Gasteiger partial charge in [-0.1, -0.05) is 19.4 Å². The molecule has 1 aromatic rings. The monoisotopic (exact) mass is 286 g/mol. The first-order chi connectivity index (χ1) is 8.67. The van der Waals surface area contributed by atoms with Crippen LogP contribution in [-0.2, 0) is 33.9 Å². The first-order valence-electron chi connectivity index (χ1n) is 6.37. The topological polar surface area (TPSA) is 27.7 Å². The molecule has 0 aliphatic carbocycles. The summed E-state index contributed by atoms with van der Waals surface area (Å²) in [5.74, 6) is 0.818. The maximum absolute atomic E-state index is 5.70. The van der Waals surface area contributed by atoms with Crippen LogP contribution in [0.3, 0.4) is 0 Å². The molecule has 1 aliphatic heterocycles. The van der Waals surface area contributed by atoms with Gasteiger partial charge in [0.05, 0.1) is 13.2 Å². The van der Waals surface area contributed by atoms with Crippen molar-refractivity contribution in [1.29, 1.82) is 0 Å². The van der Waals surface area contributed by atoms with Gasteiger partial charge in [0.2, 0.25) is 0 Å². The van der Waals surface area contributed by atoms with E-state index in [1.807, 2.05) is 13.0 Å². The number of unbranched alkanes of at least 4 members (excludes halogenated alkanes) is 1. The number of fused-ring (bicyclic) bond motifs is 1. The molecule has 2 rings (SSSR count). The quantitative estimate of drug-likeness (QED) is 0.758. The van der Waals surface area contributed by atoms with E-state index in [0.717, 1.165) is 17.7 Å². The van der Waals surface area contributed by atoms with Gasteiger partial charge in [-0.15, -0.1) is 0 Å². The van der Waals surface area contributed by atoms with Gasteiger partial charge in [0.1, 0.15) is 5.75 Å². The summed E-state index contributed by atoms with van der Waals surface area (Å²) in [7, 11) is 0. The lowest BCUT2D eigenvalue weighted by atomic mass is 10.1. The normalized spacial score (nSPS) is 22.3. The van der Waals surface area contributed by atoms with Gasteiger partial charge in [-0.2, -0.15) is 0 Å². The highest BCUT2D eigenvalue weighted by atomic mass is 32.5. The third kappa shape index (κ3) is 3.33. The molecule has 0 bridgehead atoms. The lowest BCUT2D eigenvalue weighted by Crippen LogP contribution is -2.09. The Morgan fingerprint density at radius 1 is 1.39 bits per heavy atom. The van der Waals surface area contributed by atoms with E-state index in [4.69, 9.17) is 25.4 Å². The Bertz CT molecular complexity index is 462. The lowest BCUT2D eigenvalue weighted by Gasteiger charge is -2.28. The summed E-state index contributed by atoms with van der Waals surface area (Å²) < 4.78 is 16.7. The van der Waals surface area contributed by atoms with Crippen LogP contribution in [0, 0.1) is 0 Å². The molecule has 18 heavy (non-hydrogen) atoms. The molecule has 0 fully saturated rings. The fraction of sp³-hybridized carbons (Fsp3) is 0.538. The molecule has 5 heteroatoms. The summed E-state index contributed by atoms with van der Waals surface area (Å²) in [4.78, 5) is 0. The molecule has 0 amide bonds. The highest BCUT2D eigenvalue weighted by molar-refractivity contribution is 8.07. The van der Waals surface area contributed by atoms with Crippen LogP contribution < -0.4 is 4.52 Å². The van der Waals surface area contributed by atoms with Gasteiger partial charge in [-0.25, -0.2) is 0 Å². The van der Waals surface area contributed by atoms with E-state index >= 15 is 0 Å². The minimum absolute atomic E-state index is 0.493. The van der Waals surface area contributed by atoms with Crippen LogP contribution in [0.1, 0.15) is 37.8 Å². The van der Waals surface area contributed by atoms with Crippen LogP contribution in [0.2, 0.25) is 0 Å². The summed E-state index contributed by atoms with van der Waals surface area (Å²) in [6, 6.07) is 6.24. The summed E-state index contributed by atoms with van der Waals surface area (Å²) in [5.41, 5.74) is 2.40. The zero-order valence-corrected chi connectivity index (χ0v) is 12.6. The maximum atomic E-state index is 5.70. The van der Waals surface area contributed by atoms with Gasteiger partial charge >= 0.3 is 6.72 Å². The van der Waals surface area contributed by atoms with Crippen LogP contribution >= 0.6 is 6.72 Å². The van der Waals surface area contributed by atoms with Crippen LogP contribution in [0.15, 0.2) is 18.2 Å². The number of aryl methyl sites for hydroxylation is 1. The minimum atomic E-state index is -2.55. The van der Waals surface area contributed by atoms with E-state index in [2.05, 4.69) is 19.1 Å². The number of hydrogen-bond acceptors (Lipinski definition) is 4. The summed E-state index contributed by atoms with van der Waals surface area (Å²) >= 11 is 5.28. The lowest BCUT2D eigenvalue weighted by molar-refractivity contribution is 0.185. The predicted octanol–water partition coefficient (Wildman–Crippen LogP) is 4.20. The Balaban J connectivity index is 2.13. The van der Waals surface area contributed by atoms with E-state index < -0.39 is 6.72 Å². The largest absolute Gasteiger partial charge is 0.424 e. The molecule has 1 heterocycles. The van der Waals surface area contributed by atoms with E-state index in [0.29, 0.717) is 13.2 Å². The summed E-state index contributed by atoms with van der Waals surface area (Å²) in [5, 5.41) is 0. The molecule has 1 atom stereocenters. The Morgan fingerprint density at radius 3 is 2.94 bits per heavy atom. The second-order valence-electron chi connectivity index (χ2n) is 4.28. The summed E-state index contributed by atoms with van der Waals surface area (Å²) in [6.45, 7) is 2.55. The van der Waals surface area contributed by atoms with Crippen molar-refractivity contribution < 1.29 is 13.6 Å². The fourth-order valence-corrected chi connectivity index (χ4v) is 3.82. The Kier molecular flexibility index (Phi) is 4.79. The molecular formula is C13H19O3PS. The molecule has 0 saturated heterocycles. The number of rotatable bonds is 5. The molecule has 1 unspecified atom stereocenters. The Morgan fingerprint density at radius 2 is 2.22 bits per heavy atom. The maximum Gasteiger partial charge on any atom is 0.380 e. The van der Waals surface area contributed by atoms with Crippen molar-refractivity contribution in [1.82, 2.24) is 0 Å². The van der Waals surface area contributed by atoms with Gasteiger partial charge in [0.25, 0.3) is 0 Å². The van der Waals surface area contributed by atoms with Gasteiger partial charge in [0.15, 0.2) is 0 Å². The van der Waals surface area contributed by atoms with Crippen molar-refractivity contribution in [2.24, 2.45) is 0 Å². The van der Waals surface area contributed by atoms with Crippen LogP contribution in [0.5, 0.6) is 5.75 Å². The molecule has 100 valence electrons. The number of benzene rings is 1. The average molecular weight is 286 g/mol. The van der Waals surface area contributed by atoms with Crippen LogP contribution in [0.25, 0.3) is 0 Å². The Labute approximate surface area is 114 Å². The third-order valence-electron chi connectivity index (χ3n) is 2.82. The second kappa shape index (κ2) is 6.16. The molecule has 0 radical (unpaired) electrons. The highest BCUT2D eigenvalue weighted by Crippen LogP contribution is 2.54. The van der Waals surface area contributed by atoms with Gasteiger partial charge in [-0.05, 0) is 37.5 Å². The predicted molar refractivity (Wildman–Crippen MR) is 76.4 cm³/mol. The molecular weight excluding hydrogens is 267 g/mol. The molecule has 1 aromatic carbocycles. The van der Waals surface area contributed by atoms with E-state index in [1.54, 1.807) is 0 Å². The van der Waals surface area contributed by atoms with Crippen molar-refractivity contribution in [3.8, 4) is 5.75 Å². The standard InChI is InChI=1S/C13H19O3PS/c1-3-5-6-11-7-8-13-12(9-11)10-15-17(18,16-13)14-4-2/h7-9H,3-6,10H2,1-2H3. The van der Waals surface area contributed by atoms with Crippen molar-refractivity contribution >= 4 is 18.5 Å². The van der Waals surface area contributed by atoms with Crippen LogP contribution in [-0.4, -0.2) is 6.61 Å². The Hall–Kier alpha value is -0.410. The zero-order chi connectivity index (χ0) is 13.0. The smallest absolute Gasteiger partial charge is 0.380 e. The first kappa shape index (κ1) is 14.0. The van der Waals surface area contributed by atoms with E-state index in [1.165, 1.54) is 18.4 Å². The zero-order valence-electron chi connectivity index (χ0n) is 10.8. The summed E-state index contributed by atoms with van der Waals surface area (Å²) in [6.07, 6.45) is 3.51. The van der Waals surface area contributed by atoms with E-state index in [9.17, 15) is 0 Å².